The van der Waals surface area contributed by atoms with Crippen LogP contribution in [0.15, 0.2) is 30.6 Å². The molecule has 0 bridgehead atoms. The zero-order chi connectivity index (χ0) is 13.0. The first-order valence-corrected chi connectivity index (χ1v) is 6.17. The lowest BCUT2D eigenvalue weighted by atomic mass is 10.1. The number of nitrogens with two attached hydrogens (primary N) is 1. The molecule has 0 unspecified atom stereocenters. The van der Waals surface area contributed by atoms with Crippen LogP contribution in [0.1, 0.15) is 23.9 Å². The summed E-state index contributed by atoms with van der Waals surface area (Å²) in [6.07, 6.45) is 3.75. The third-order valence-electron chi connectivity index (χ3n) is 3.00. The zero-order valence-corrected chi connectivity index (χ0v) is 10.9. The van der Waals surface area contributed by atoms with Crippen LogP contribution in [-0.2, 0) is 19.7 Å². The molecule has 2 N–H and O–H groups in total. The van der Waals surface area contributed by atoms with Gasteiger partial charge in [-0.3, -0.25) is 0 Å². The van der Waals surface area contributed by atoms with Gasteiger partial charge >= 0.3 is 0 Å². The minimum atomic E-state index is 0.471. The number of aromatic nitrogens is 2. The van der Waals surface area contributed by atoms with Gasteiger partial charge in [-0.05, 0) is 19.4 Å². The van der Waals surface area contributed by atoms with Gasteiger partial charge in [-0.2, -0.15) is 0 Å². The van der Waals surface area contributed by atoms with Gasteiger partial charge in [0.25, 0.3) is 0 Å². The summed E-state index contributed by atoms with van der Waals surface area (Å²) in [5.41, 5.74) is 7.86. The summed E-state index contributed by atoms with van der Waals surface area (Å²) in [6, 6.07) is 6.02. The standard InChI is InChI=1S/C14H19N3O/c1-3-17-8-7-16-13(17)10-18-14-11(2)5-4-6-12(14)9-15/h4-8H,3,9-10,15H2,1-2H3. The number of nitrogens with zero attached hydrogens (tertiary/aromatic N) is 2. The smallest absolute Gasteiger partial charge is 0.146 e. The molecule has 0 atom stereocenters. The Kier molecular flexibility index (Phi) is 3.99. The Bertz CT molecular complexity index is 520. The number of para-hydroxylation sites is 1. The van der Waals surface area contributed by atoms with Crippen LogP contribution in [-0.4, -0.2) is 9.55 Å². The highest BCUT2D eigenvalue weighted by Crippen LogP contribution is 2.23. The molecule has 0 spiro atoms. The Labute approximate surface area is 107 Å². The van der Waals surface area contributed by atoms with E-state index in [0.29, 0.717) is 13.2 Å². The van der Waals surface area contributed by atoms with Crippen molar-refractivity contribution < 1.29 is 4.74 Å². The van der Waals surface area contributed by atoms with Crippen molar-refractivity contribution in [3.05, 3.63) is 47.5 Å². The lowest BCUT2D eigenvalue weighted by molar-refractivity contribution is 0.285. The highest BCUT2D eigenvalue weighted by atomic mass is 16.5. The van der Waals surface area contributed by atoms with E-state index in [0.717, 1.165) is 29.2 Å². The second kappa shape index (κ2) is 5.69. The van der Waals surface area contributed by atoms with E-state index in [9.17, 15) is 0 Å². The van der Waals surface area contributed by atoms with Crippen LogP contribution in [0.4, 0.5) is 0 Å². The van der Waals surface area contributed by atoms with Gasteiger partial charge < -0.3 is 15.0 Å². The number of benzene rings is 1. The Balaban J connectivity index is 2.15. The molecule has 1 aromatic carbocycles. The van der Waals surface area contributed by atoms with Crippen LogP contribution in [0.25, 0.3) is 0 Å². The van der Waals surface area contributed by atoms with E-state index in [1.54, 1.807) is 6.20 Å². The molecule has 0 radical (unpaired) electrons. The third kappa shape index (κ3) is 2.54. The van der Waals surface area contributed by atoms with E-state index < -0.39 is 0 Å². The van der Waals surface area contributed by atoms with E-state index in [-0.39, 0.29) is 0 Å². The van der Waals surface area contributed by atoms with Crippen LogP contribution in [0.3, 0.4) is 0 Å². The van der Waals surface area contributed by atoms with Crippen molar-refractivity contribution in [1.29, 1.82) is 0 Å². The predicted octanol–water partition coefficient (Wildman–Crippen LogP) is 2.25. The second-order valence-electron chi connectivity index (χ2n) is 4.19. The SMILES string of the molecule is CCn1ccnc1COc1c(C)cccc1CN. The van der Waals surface area contributed by atoms with Gasteiger partial charge in [0.2, 0.25) is 0 Å². The molecule has 0 aliphatic rings. The highest BCUT2D eigenvalue weighted by Gasteiger charge is 2.08. The third-order valence-corrected chi connectivity index (χ3v) is 3.00. The Morgan fingerprint density at radius 2 is 2.22 bits per heavy atom. The van der Waals surface area contributed by atoms with E-state index in [1.807, 2.05) is 31.3 Å². The molecule has 0 saturated carbocycles. The average Bonchev–Trinajstić information content (AvgIpc) is 2.84. The van der Waals surface area contributed by atoms with Crippen LogP contribution in [0, 0.1) is 6.92 Å². The van der Waals surface area contributed by atoms with Crippen molar-refractivity contribution in [2.45, 2.75) is 33.5 Å². The fourth-order valence-corrected chi connectivity index (χ4v) is 1.99. The van der Waals surface area contributed by atoms with Crippen molar-refractivity contribution >= 4 is 0 Å². The minimum absolute atomic E-state index is 0.471. The maximum Gasteiger partial charge on any atom is 0.146 e. The lowest BCUT2D eigenvalue weighted by Crippen LogP contribution is -2.08. The molecule has 18 heavy (non-hydrogen) atoms. The summed E-state index contributed by atoms with van der Waals surface area (Å²) >= 11 is 0. The van der Waals surface area contributed by atoms with E-state index >= 15 is 0 Å². The van der Waals surface area contributed by atoms with E-state index in [2.05, 4.69) is 16.5 Å². The van der Waals surface area contributed by atoms with Crippen molar-refractivity contribution in [3.8, 4) is 5.75 Å². The van der Waals surface area contributed by atoms with Crippen molar-refractivity contribution in [3.63, 3.8) is 0 Å². The Morgan fingerprint density at radius 1 is 1.39 bits per heavy atom. The van der Waals surface area contributed by atoms with Gasteiger partial charge in [-0.25, -0.2) is 4.98 Å². The van der Waals surface area contributed by atoms with Crippen LogP contribution >= 0.6 is 0 Å². The van der Waals surface area contributed by atoms with Crippen LogP contribution < -0.4 is 10.5 Å². The van der Waals surface area contributed by atoms with Gasteiger partial charge in [0.1, 0.15) is 18.2 Å². The van der Waals surface area contributed by atoms with Crippen molar-refractivity contribution in [1.82, 2.24) is 9.55 Å². The van der Waals surface area contributed by atoms with Gasteiger partial charge in [0.15, 0.2) is 0 Å². The first-order chi connectivity index (χ1) is 8.76. The monoisotopic (exact) mass is 245 g/mol. The second-order valence-corrected chi connectivity index (χ2v) is 4.19. The predicted molar refractivity (Wildman–Crippen MR) is 71.3 cm³/mol. The Hall–Kier alpha value is -1.81. The van der Waals surface area contributed by atoms with Gasteiger partial charge in [0, 0.05) is 31.0 Å². The highest BCUT2D eigenvalue weighted by molar-refractivity contribution is 5.40. The number of ether oxygens (including phenoxy) is 1. The summed E-state index contributed by atoms with van der Waals surface area (Å²) in [7, 11) is 0. The molecule has 0 aliphatic carbocycles. The first-order valence-electron chi connectivity index (χ1n) is 6.17. The zero-order valence-electron chi connectivity index (χ0n) is 10.9. The lowest BCUT2D eigenvalue weighted by Gasteiger charge is -2.13. The molecule has 2 aromatic rings. The molecule has 2 rings (SSSR count). The van der Waals surface area contributed by atoms with E-state index in [4.69, 9.17) is 10.5 Å². The van der Waals surface area contributed by atoms with Gasteiger partial charge in [-0.1, -0.05) is 18.2 Å². The summed E-state index contributed by atoms with van der Waals surface area (Å²) in [5, 5.41) is 0. The number of hydrogen-bond donors (Lipinski definition) is 1. The molecular weight excluding hydrogens is 226 g/mol. The summed E-state index contributed by atoms with van der Waals surface area (Å²) in [5.74, 6) is 1.81. The maximum absolute atomic E-state index is 5.88. The quantitative estimate of drug-likeness (QED) is 0.879. The molecule has 0 saturated heterocycles. The molecule has 0 amide bonds. The van der Waals surface area contributed by atoms with Crippen molar-refractivity contribution in [2.24, 2.45) is 5.73 Å². The molecule has 1 aromatic heterocycles. The first kappa shape index (κ1) is 12.6. The molecule has 0 aliphatic heterocycles. The normalized spacial score (nSPS) is 10.6. The number of aryl methyl sites for hydroxylation is 2. The largest absolute Gasteiger partial charge is 0.485 e. The fourth-order valence-electron chi connectivity index (χ4n) is 1.99. The molecule has 96 valence electrons. The fraction of sp³-hybridized carbons (Fsp3) is 0.357. The molecule has 4 heteroatoms. The maximum atomic E-state index is 5.88. The summed E-state index contributed by atoms with van der Waals surface area (Å²) < 4.78 is 7.95. The average molecular weight is 245 g/mol. The van der Waals surface area contributed by atoms with E-state index in [1.165, 1.54) is 0 Å². The van der Waals surface area contributed by atoms with Gasteiger partial charge in [-0.15, -0.1) is 0 Å². The molecule has 1 heterocycles. The minimum Gasteiger partial charge on any atom is -0.485 e. The summed E-state index contributed by atoms with van der Waals surface area (Å²) in [4.78, 5) is 4.29. The molecular formula is C14H19N3O. The van der Waals surface area contributed by atoms with Crippen LogP contribution in [0.5, 0.6) is 5.75 Å². The number of imidazole rings is 1. The van der Waals surface area contributed by atoms with Gasteiger partial charge in [0.05, 0.1) is 0 Å². The molecule has 0 fully saturated rings. The Morgan fingerprint density at radius 3 is 2.94 bits per heavy atom. The van der Waals surface area contributed by atoms with Crippen LogP contribution in [0.2, 0.25) is 0 Å². The number of hydrogen-bond acceptors (Lipinski definition) is 3. The topological polar surface area (TPSA) is 53.1 Å². The number of rotatable bonds is 5. The van der Waals surface area contributed by atoms with Crippen molar-refractivity contribution in [2.75, 3.05) is 0 Å². The molecule has 4 nitrogen and oxygen atoms in total. The summed E-state index contributed by atoms with van der Waals surface area (Å²) in [6.45, 7) is 5.97.